The molecule has 0 amide bonds. The minimum absolute atomic E-state index is 0.607. The van der Waals surface area contributed by atoms with E-state index in [-0.39, 0.29) is 0 Å². The Balaban J connectivity index is 2.50. The number of halogens is 1. The molecule has 2 N–H and O–H groups in total. The second-order valence-corrected chi connectivity index (χ2v) is 7.87. The molecule has 2 rings (SSSR count). The molecular weight excluding hydrogens is 336 g/mol. The Kier molecular flexibility index (Phi) is 3.49. The largest absolute Gasteiger partial charge is 0.481 e. The van der Waals surface area contributed by atoms with Gasteiger partial charge >= 0.3 is 5.97 Å². The maximum Gasteiger partial charge on any atom is 0.314 e. The Bertz CT molecular complexity index is 610. The van der Waals surface area contributed by atoms with Crippen LogP contribution in [0.25, 0.3) is 0 Å². The third kappa shape index (κ3) is 2.19. The van der Waals surface area contributed by atoms with E-state index in [0.29, 0.717) is 5.56 Å². The lowest BCUT2D eigenvalue weighted by atomic mass is 10.0. The number of benzene rings is 1. The van der Waals surface area contributed by atoms with E-state index in [1.54, 1.807) is 24.3 Å². The topological polar surface area (TPSA) is 91.7 Å². The van der Waals surface area contributed by atoms with Crippen molar-refractivity contribution in [3.8, 4) is 0 Å². The molecule has 1 fully saturated rings. The first-order chi connectivity index (χ1) is 8.75. The van der Waals surface area contributed by atoms with Gasteiger partial charge < -0.3 is 10.2 Å². The Labute approximate surface area is 119 Å². The number of carbonyl (C=O) groups is 1. The van der Waals surface area contributed by atoms with Gasteiger partial charge in [-0.1, -0.05) is 28.1 Å². The van der Waals surface area contributed by atoms with Crippen LogP contribution in [0.5, 0.6) is 0 Å². The number of carboxylic acids is 1. The molecule has 3 atom stereocenters. The van der Waals surface area contributed by atoms with Gasteiger partial charge in [0.2, 0.25) is 0 Å². The van der Waals surface area contributed by atoms with Crippen molar-refractivity contribution in [1.82, 2.24) is 0 Å². The smallest absolute Gasteiger partial charge is 0.314 e. The lowest BCUT2D eigenvalue weighted by Crippen LogP contribution is -2.27. The van der Waals surface area contributed by atoms with Crippen molar-refractivity contribution in [1.29, 1.82) is 0 Å². The summed E-state index contributed by atoms with van der Waals surface area (Å²) in [6.45, 7) is -0.694. The number of aliphatic hydroxyl groups is 1. The molecule has 104 valence electrons. The lowest BCUT2D eigenvalue weighted by molar-refractivity contribution is -0.145. The molecule has 1 aliphatic carbocycles. The van der Waals surface area contributed by atoms with E-state index >= 15 is 0 Å². The van der Waals surface area contributed by atoms with Crippen molar-refractivity contribution in [3.05, 3.63) is 34.3 Å². The van der Waals surface area contributed by atoms with Crippen molar-refractivity contribution in [3.63, 3.8) is 0 Å². The van der Waals surface area contributed by atoms with E-state index < -0.39 is 39.0 Å². The second kappa shape index (κ2) is 4.57. The minimum Gasteiger partial charge on any atom is -0.481 e. The quantitative estimate of drug-likeness (QED) is 0.847. The fourth-order valence-corrected chi connectivity index (χ4v) is 4.85. The first kappa shape index (κ1) is 14.5. The van der Waals surface area contributed by atoms with Gasteiger partial charge in [0.25, 0.3) is 0 Å². The normalized spacial score (nSPS) is 30.1. The fourth-order valence-electron chi connectivity index (χ4n) is 2.69. The molecule has 1 aromatic carbocycles. The monoisotopic (exact) mass is 348 g/mol. The molecule has 0 radical (unpaired) electrons. The van der Waals surface area contributed by atoms with Crippen molar-refractivity contribution in [2.45, 2.75) is 11.2 Å². The zero-order valence-electron chi connectivity index (χ0n) is 10.1. The fraction of sp³-hybridized carbons (Fsp3) is 0.417. The van der Waals surface area contributed by atoms with Crippen LogP contribution in [0.15, 0.2) is 28.7 Å². The average Bonchev–Trinajstić information content (AvgIpc) is 3.00. The summed E-state index contributed by atoms with van der Waals surface area (Å²) in [5.74, 6) is -1.99. The van der Waals surface area contributed by atoms with Crippen LogP contribution in [-0.4, -0.2) is 42.7 Å². The van der Waals surface area contributed by atoms with Crippen LogP contribution in [0.1, 0.15) is 11.5 Å². The van der Waals surface area contributed by atoms with E-state index in [0.717, 1.165) is 10.7 Å². The lowest BCUT2D eigenvalue weighted by Gasteiger charge is -2.08. The summed E-state index contributed by atoms with van der Waals surface area (Å²) < 4.78 is 24.3. The number of carboxylic acid groups (broad SMARTS) is 1. The molecule has 0 aromatic heterocycles. The molecule has 5 nitrogen and oxygen atoms in total. The molecule has 1 aromatic rings. The van der Waals surface area contributed by atoms with Crippen LogP contribution in [0.2, 0.25) is 0 Å². The van der Waals surface area contributed by atoms with Crippen molar-refractivity contribution in [2.75, 3.05) is 12.9 Å². The van der Waals surface area contributed by atoms with Gasteiger partial charge in [-0.15, -0.1) is 0 Å². The molecule has 1 aliphatic rings. The molecule has 19 heavy (non-hydrogen) atoms. The highest BCUT2D eigenvalue weighted by atomic mass is 79.9. The summed E-state index contributed by atoms with van der Waals surface area (Å²) in [7, 11) is -3.55. The minimum atomic E-state index is -3.55. The van der Waals surface area contributed by atoms with Gasteiger partial charge in [0.05, 0.1) is 11.9 Å². The van der Waals surface area contributed by atoms with Gasteiger partial charge in [0.1, 0.15) is 5.41 Å². The molecule has 7 heteroatoms. The van der Waals surface area contributed by atoms with Crippen LogP contribution in [-0.2, 0) is 14.6 Å². The number of rotatable bonds is 4. The number of sulfone groups is 1. The highest BCUT2D eigenvalue weighted by molar-refractivity contribution is 9.10. The van der Waals surface area contributed by atoms with Gasteiger partial charge in [0.15, 0.2) is 9.84 Å². The zero-order chi connectivity index (χ0) is 14.4. The summed E-state index contributed by atoms with van der Waals surface area (Å²) in [6.07, 6.45) is 1.00. The predicted octanol–water partition coefficient (Wildman–Crippen LogP) is 1.02. The summed E-state index contributed by atoms with van der Waals surface area (Å²) in [6, 6.07) is 6.79. The Morgan fingerprint density at radius 3 is 2.21 bits per heavy atom. The number of aliphatic carboxylic acids is 1. The van der Waals surface area contributed by atoms with Crippen molar-refractivity contribution >= 4 is 31.7 Å². The van der Waals surface area contributed by atoms with Crippen molar-refractivity contribution in [2.24, 2.45) is 5.41 Å². The standard InChI is InChI=1S/C12H13BrO5S/c1-19(17,18)10-9(12(10,6-14)11(15)16)7-2-4-8(13)5-3-7/h2-5,9-10,14H,6H2,1H3,(H,15,16)/t9-,10+,12+/m0/s1. The summed E-state index contributed by atoms with van der Waals surface area (Å²) in [4.78, 5) is 11.4. The van der Waals surface area contributed by atoms with E-state index in [1.807, 2.05) is 0 Å². The average molecular weight is 349 g/mol. The van der Waals surface area contributed by atoms with Gasteiger partial charge in [-0.2, -0.15) is 0 Å². The number of hydrogen-bond acceptors (Lipinski definition) is 4. The van der Waals surface area contributed by atoms with Crippen molar-refractivity contribution < 1.29 is 23.4 Å². The van der Waals surface area contributed by atoms with Crippen LogP contribution in [0, 0.1) is 5.41 Å². The van der Waals surface area contributed by atoms with Crippen LogP contribution < -0.4 is 0 Å². The van der Waals surface area contributed by atoms with Crippen LogP contribution in [0.3, 0.4) is 0 Å². The second-order valence-electron chi connectivity index (χ2n) is 4.78. The molecule has 0 spiro atoms. The Hall–Kier alpha value is -0.920. The third-order valence-corrected chi connectivity index (χ3v) is 5.75. The van der Waals surface area contributed by atoms with Gasteiger partial charge in [0, 0.05) is 16.6 Å². The first-order valence-corrected chi connectivity index (χ1v) is 8.28. The molecular formula is C12H13BrO5S. The van der Waals surface area contributed by atoms with Gasteiger partial charge in [-0.3, -0.25) is 4.79 Å². The summed E-state index contributed by atoms with van der Waals surface area (Å²) in [5, 5.41) is 17.6. The van der Waals surface area contributed by atoms with Gasteiger partial charge in [-0.05, 0) is 17.7 Å². The van der Waals surface area contributed by atoms with E-state index in [4.69, 9.17) is 0 Å². The zero-order valence-corrected chi connectivity index (χ0v) is 12.5. The maximum atomic E-state index is 11.7. The SMILES string of the molecule is CS(=O)(=O)[C@@H]1[C@H](c2ccc(Br)cc2)[C@@]1(CO)C(=O)O. The molecule has 0 heterocycles. The summed E-state index contributed by atoms with van der Waals surface area (Å²) >= 11 is 3.26. The van der Waals surface area contributed by atoms with Crippen LogP contribution >= 0.6 is 15.9 Å². The van der Waals surface area contributed by atoms with E-state index in [1.165, 1.54) is 0 Å². The highest BCUT2D eigenvalue weighted by Crippen LogP contribution is 2.62. The number of aliphatic hydroxyl groups excluding tert-OH is 1. The predicted molar refractivity (Wildman–Crippen MR) is 72.7 cm³/mol. The Morgan fingerprint density at radius 2 is 1.89 bits per heavy atom. The highest BCUT2D eigenvalue weighted by Gasteiger charge is 2.74. The van der Waals surface area contributed by atoms with E-state index in [9.17, 15) is 23.4 Å². The Morgan fingerprint density at radius 1 is 1.37 bits per heavy atom. The molecule has 1 saturated carbocycles. The molecule has 0 saturated heterocycles. The maximum absolute atomic E-state index is 11.7. The van der Waals surface area contributed by atoms with Gasteiger partial charge in [-0.25, -0.2) is 8.42 Å². The third-order valence-electron chi connectivity index (χ3n) is 3.61. The first-order valence-electron chi connectivity index (χ1n) is 5.53. The molecule has 0 unspecified atom stereocenters. The van der Waals surface area contributed by atoms with Crippen LogP contribution in [0.4, 0.5) is 0 Å². The summed E-state index contributed by atoms with van der Waals surface area (Å²) in [5.41, 5.74) is -1.02. The van der Waals surface area contributed by atoms with E-state index in [2.05, 4.69) is 15.9 Å². The number of hydrogen-bond donors (Lipinski definition) is 2. The molecule has 0 bridgehead atoms. The molecule has 0 aliphatic heterocycles.